The van der Waals surface area contributed by atoms with Crippen LogP contribution in [0.3, 0.4) is 0 Å². The normalized spacial score (nSPS) is 22.0. The molecule has 2 unspecified atom stereocenters. The quantitative estimate of drug-likeness (QED) is 0.349. The highest BCUT2D eigenvalue weighted by Gasteiger charge is 2.28. The lowest BCUT2D eigenvalue weighted by atomic mass is 10.1. The molecule has 2 aliphatic rings. The zero-order valence-corrected chi connectivity index (χ0v) is 20.3. The molecule has 0 bridgehead atoms. The van der Waals surface area contributed by atoms with E-state index in [0.717, 1.165) is 51.6 Å². The van der Waals surface area contributed by atoms with E-state index in [2.05, 4.69) is 52.8 Å². The van der Waals surface area contributed by atoms with Crippen LogP contribution in [0.1, 0.15) is 33.6 Å². The van der Waals surface area contributed by atoms with Crippen molar-refractivity contribution in [2.75, 3.05) is 44.2 Å². The van der Waals surface area contributed by atoms with Gasteiger partial charge in [-0.25, -0.2) is 0 Å². The Morgan fingerprint density at radius 3 is 2.62 bits per heavy atom. The fourth-order valence-electron chi connectivity index (χ4n) is 4.03. The van der Waals surface area contributed by atoms with Crippen LogP contribution in [0.4, 0.5) is 5.69 Å². The summed E-state index contributed by atoms with van der Waals surface area (Å²) in [5.41, 5.74) is 1.31. The van der Waals surface area contributed by atoms with Crippen LogP contribution in [-0.2, 0) is 4.79 Å². The maximum Gasteiger partial charge on any atom is 0.225 e. The molecule has 0 saturated carbocycles. The number of halogens is 1. The summed E-state index contributed by atoms with van der Waals surface area (Å²) in [5.74, 6) is 1.77. The minimum Gasteiger partial charge on any atom is -0.371 e. The van der Waals surface area contributed by atoms with Crippen LogP contribution in [0.25, 0.3) is 0 Å². The molecule has 2 atom stereocenters. The van der Waals surface area contributed by atoms with Crippen LogP contribution < -0.4 is 15.5 Å². The van der Waals surface area contributed by atoms with E-state index in [1.165, 1.54) is 12.1 Å². The number of rotatable bonds is 6. The van der Waals surface area contributed by atoms with E-state index in [1.807, 2.05) is 18.7 Å². The topological polar surface area (TPSA) is 60.0 Å². The second-order valence-corrected chi connectivity index (χ2v) is 8.22. The van der Waals surface area contributed by atoms with Gasteiger partial charge in [-0.05, 0) is 37.8 Å². The highest BCUT2D eigenvalue weighted by Crippen LogP contribution is 2.23. The van der Waals surface area contributed by atoms with Crippen molar-refractivity contribution in [1.29, 1.82) is 0 Å². The first-order valence-corrected chi connectivity index (χ1v) is 10.7. The van der Waals surface area contributed by atoms with Gasteiger partial charge in [0.1, 0.15) is 0 Å². The number of carbonyl (C=O) groups is 1. The number of para-hydroxylation sites is 1. The molecule has 2 saturated heterocycles. The first-order valence-electron chi connectivity index (χ1n) is 10.7. The molecule has 1 amide bonds. The van der Waals surface area contributed by atoms with Gasteiger partial charge in [0.05, 0.1) is 0 Å². The number of guanidine groups is 1. The van der Waals surface area contributed by atoms with Gasteiger partial charge in [0.25, 0.3) is 0 Å². The maximum atomic E-state index is 12.2. The fourth-order valence-corrected chi connectivity index (χ4v) is 4.03. The van der Waals surface area contributed by atoms with Crippen molar-refractivity contribution >= 4 is 41.5 Å². The highest BCUT2D eigenvalue weighted by molar-refractivity contribution is 14.0. The van der Waals surface area contributed by atoms with Gasteiger partial charge in [-0.2, -0.15) is 0 Å². The van der Waals surface area contributed by atoms with Gasteiger partial charge in [0, 0.05) is 56.9 Å². The van der Waals surface area contributed by atoms with Gasteiger partial charge < -0.3 is 20.4 Å². The monoisotopic (exact) mass is 513 g/mol. The SMILES string of the molecule is CCNC(=NCC1CCN(c2ccccc2)C1)NC1CCN(C(=O)C(C)C)C1.I. The third-order valence-electron chi connectivity index (χ3n) is 5.59. The van der Waals surface area contributed by atoms with Gasteiger partial charge in [0.15, 0.2) is 5.96 Å². The molecule has 1 aromatic carbocycles. The molecule has 6 nitrogen and oxygen atoms in total. The van der Waals surface area contributed by atoms with Gasteiger partial charge in [0.2, 0.25) is 5.91 Å². The maximum absolute atomic E-state index is 12.2. The van der Waals surface area contributed by atoms with E-state index in [1.54, 1.807) is 0 Å². The average Bonchev–Trinajstić information content (AvgIpc) is 3.36. The number of anilines is 1. The van der Waals surface area contributed by atoms with Crippen molar-refractivity contribution in [3.05, 3.63) is 30.3 Å². The Kier molecular flexibility index (Phi) is 9.52. The number of carbonyl (C=O) groups excluding carboxylic acids is 1. The van der Waals surface area contributed by atoms with Crippen LogP contribution in [0.15, 0.2) is 35.3 Å². The number of aliphatic imine (C=N–C) groups is 1. The molecule has 2 heterocycles. The number of nitrogens with one attached hydrogen (secondary N) is 2. The molecule has 162 valence electrons. The van der Waals surface area contributed by atoms with Gasteiger partial charge in [-0.15, -0.1) is 24.0 Å². The van der Waals surface area contributed by atoms with E-state index < -0.39 is 0 Å². The Morgan fingerprint density at radius 1 is 1.17 bits per heavy atom. The summed E-state index contributed by atoms with van der Waals surface area (Å²) in [6.45, 7) is 11.5. The zero-order valence-electron chi connectivity index (χ0n) is 17.9. The Labute approximate surface area is 192 Å². The molecular formula is C22H36IN5O. The Hall–Kier alpha value is -1.51. The summed E-state index contributed by atoms with van der Waals surface area (Å²) < 4.78 is 0. The predicted molar refractivity (Wildman–Crippen MR) is 131 cm³/mol. The molecule has 0 spiro atoms. The predicted octanol–water partition coefficient (Wildman–Crippen LogP) is 2.94. The molecular weight excluding hydrogens is 477 g/mol. The zero-order chi connectivity index (χ0) is 19.9. The molecule has 2 fully saturated rings. The van der Waals surface area contributed by atoms with Crippen molar-refractivity contribution < 1.29 is 4.79 Å². The number of likely N-dealkylation sites (tertiary alicyclic amines) is 1. The Bertz CT molecular complexity index is 666. The van der Waals surface area contributed by atoms with Gasteiger partial charge in [-0.3, -0.25) is 9.79 Å². The van der Waals surface area contributed by atoms with Crippen LogP contribution in [0.2, 0.25) is 0 Å². The van der Waals surface area contributed by atoms with Crippen LogP contribution in [0, 0.1) is 11.8 Å². The summed E-state index contributed by atoms with van der Waals surface area (Å²) >= 11 is 0. The summed E-state index contributed by atoms with van der Waals surface area (Å²) in [4.78, 5) is 21.5. The fraction of sp³-hybridized carbons (Fsp3) is 0.636. The average molecular weight is 513 g/mol. The number of hydrogen-bond donors (Lipinski definition) is 2. The molecule has 0 aliphatic carbocycles. The minimum atomic E-state index is 0. The van der Waals surface area contributed by atoms with E-state index >= 15 is 0 Å². The van der Waals surface area contributed by atoms with Crippen LogP contribution in [0.5, 0.6) is 0 Å². The highest BCUT2D eigenvalue weighted by atomic mass is 127. The van der Waals surface area contributed by atoms with Gasteiger partial charge in [-0.1, -0.05) is 32.0 Å². The number of amides is 1. The van der Waals surface area contributed by atoms with E-state index in [4.69, 9.17) is 4.99 Å². The van der Waals surface area contributed by atoms with E-state index in [0.29, 0.717) is 5.92 Å². The second-order valence-electron chi connectivity index (χ2n) is 8.22. The summed E-state index contributed by atoms with van der Waals surface area (Å²) in [7, 11) is 0. The summed E-state index contributed by atoms with van der Waals surface area (Å²) in [6.07, 6.45) is 2.16. The third kappa shape index (κ3) is 6.76. The molecule has 0 radical (unpaired) electrons. The third-order valence-corrected chi connectivity index (χ3v) is 5.59. The Morgan fingerprint density at radius 2 is 1.93 bits per heavy atom. The first kappa shape index (κ1) is 23.8. The van der Waals surface area contributed by atoms with Crippen LogP contribution in [-0.4, -0.2) is 62.1 Å². The number of nitrogens with zero attached hydrogens (tertiary/aromatic N) is 3. The van der Waals surface area contributed by atoms with E-state index in [9.17, 15) is 4.79 Å². The lowest BCUT2D eigenvalue weighted by molar-refractivity contribution is -0.133. The molecule has 0 aromatic heterocycles. The summed E-state index contributed by atoms with van der Waals surface area (Å²) in [6, 6.07) is 10.9. The lowest BCUT2D eigenvalue weighted by Crippen LogP contribution is -2.45. The van der Waals surface area contributed by atoms with Crippen molar-refractivity contribution in [1.82, 2.24) is 15.5 Å². The van der Waals surface area contributed by atoms with Gasteiger partial charge >= 0.3 is 0 Å². The standard InChI is InChI=1S/C22H35N5O.HI/c1-4-23-22(25-19-11-13-27(16-19)21(28)17(2)3)24-14-18-10-12-26(15-18)20-8-6-5-7-9-20;/h5-9,17-19H,4,10-16H2,1-3H3,(H2,23,24,25);1H. The largest absolute Gasteiger partial charge is 0.371 e. The van der Waals surface area contributed by atoms with Crippen molar-refractivity contribution in [3.8, 4) is 0 Å². The molecule has 7 heteroatoms. The number of benzene rings is 1. The second kappa shape index (κ2) is 11.6. The molecule has 1 aromatic rings. The van der Waals surface area contributed by atoms with Crippen LogP contribution >= 0.6 is 24.0 Å². The Balaban J connectivity index is 0.00000300. The molecule has 2 N–H and O–H groups in total. The van der Waals surface area contributed by atoms with Crippen molar-refractivity contribution in [2.45, 2.75) is 39.7 Å². The molecule has 2 aliphatic heterocycles. The van der Waals surface area contributed by atoms with Crippen molar-refractivity contribution in [3.63, 3.8) is 0 Å². The van der Waals surface area contributed by atoms with E-state index in [-0.39, 0.29) is 41.8 Å². The smallest absolute Gasteiger partial charge is 0.225 e. The van der Waals surface area contributed by atoms with Crippen molar-refractivity contribution in [2.24, 2.45) is 16.8 Å². The molecule has 29 heavy (non-hydrogen) atoms. The number of hydrogen-bond acceptors (Lipinski definition) is 3. The molecule has 3 rings (SSSR count). The summed E-state index contributed by atoms with van der Waals surface area (Å²) in [5, 5.41) is 6.90. The lowest BCUT2D eigenvalue weighted by Gasteiger charge is -2.21. The minimum absolute atomic E-state index is 0. The first-order chi connectivity index (χ1) is 13.6.